The minimum atomic E-state index is -3.13. The molecule has 0 aromatic heterocycles. The van der Waals surface area contributed by atoms with E-state index in [9.17, 15) is 8.42 Å². The number of hydrogen-bond donors (Lipinski definition) is 2. The van der Waals surface area contributed by atoms with Crippen LogP contribution < -0.4 is 11.1 Å². The van der Waals surface area contributed by atoms with Crippen LogP contribution >= 0.6 is 24.0 Å². The van der Waals surface area contributed by atoms with Crippen molar-refractivity contribution in [2.45, 2.75) is 50.1 Å². The number of halogens is 1. The lowest BCUT2D eigenvalue weighted by Crippen LogP contribution is -2.38. The van der Waals surface area contributed by atoms with Crippen LogP contribution in [0.1, 0.15) is 38.2 Å². The van der Waals surface area contributed by atoms with Crippen molar-refractivity contribution >= 4 is 39.8 Å². The Kier molecular flexibility index (Phi) is 7.61. The van der Waals surface area contributed by atoms with Gasteiger partial charge in [-0.05, 0) is 30.5 Å². The lowest BCUT2D eigenvalue weighted by atomic mass is 10.2. The van der Waals surface area contributed by atoms with Crippen molar-refractivity contribution in [2.75, 3.05) is 5.75 Å². The molecule has 1 aliphatic carbocycles. The van der Waals surface area contributed by atoms with Crippen molar-refractivity contribution in [2.24, 2.45) is 10.7 Å². The third-order valence-corrected chi connectivity index (χ3v) is 5.55. The van der Waals surface area contributed by atoms with E-state index in [0.717, 1.165) is 18.4 Å². The molecule has 3 N–H and O–H groups in total. The first-order valence-electron chi connectivity index (χ1n) is 7.39. The molecule has 22 heavy (non-hydrogen) atoms. The van der Waals surface area contributed by atoms with Crippen molar-refractivity contribution < 1.29 is 8.42 Å². The van der Waals surface area contributed by atoms with Crippen molar-refractivity contribution in [1.82, 2.24) is 5.32 Å². The molecular weight excluding hydrogens is 413 g/mol. The van der Waals surface area contributed by atoms with E-state index in [0.29, 0.717) is 23.4 Å². The number of aliphatic imine (C=N–C) groups is 1. The van der Waals surface area contributed by atoms with Gasteiger partial charge in [-0.3, -0.25) is 0 Å². The van der Waals surface area contributed by atoms with E-state index in [2.05, 4.69) is 10.3 Å². The fourth-order valence-corrected chi connectivity index (χ4v) is 3.35. The number of nitrogens with one attached hydrogen (secondary N) is 1. The van der Waals surface area contributed by atoms with Gasteiger partial charge in [0.05, 0.1) is 17.2 Å². The number of benzene rings is 1. The van der Waals surface area contributed by atoms with Gasteiger partial charge in [0.1, 0.15) is 0 Å². The van der Waals surface area contributed by atoms with E-state index in [1.165, 1.54) is 12.8 Å². The zero-order valence-electron chi connectivity index (χ0n) is 12.8. The monoisotopic (exact) mass is 437 g/mol. The van der Waals surface area contributed by atoms with Crippen molar-refractivity contribution in [1.29, 1.82) is 0 Å². The van der Waals surface area contributed by atoms with Crippen LogP contribution in [0.4, 0.5) is 0 Å². The van der Waals surface area contributed by atoms with Gasteiger partial charge in [0.15, 0.2) is 15.8 Å². The highest BCUT2D eigenvalue weighted by molar-refractivity contribution is 14.0. The molecule has 0 bridgehead atoms. The summed E-state index contributed by atoms with van der Waals surface area (Å²) in [6.07, 6.45) is 4.80. The average Bonchev–Trinajstić information content (AvgIpc) is 2.98. The van der Waals surface area contributed by atoms with Crippen molar-refractivity contribution in [3.05, 3.63) is 29.8 Å². The Morgan fingerprint density at radius 3 is 2.41 bits per heavy atom. The second-order valence-corrected chi connectivity index (χ2v) is 7.65. The fourth-order valence-electron chi connectivity index (χ4n) is 2.47. The van der Waals surface area contributed by atoms with Gasteiger partial charge in [-0.25, -0.2) is 13.4 Å². The Morgan fingerprint density at radius 1 is 1.27 bits per heavy atom. The van der Waals surface area contributed by atoms with E-state index in [1.807, 2.05) is 0 Å². The molecule has 2 rings (SSSR count). The van der Waals surface area contributed by atoms with Gasteiger partial charge in [-0.2, -0.15) is 0 Å². The molecule has 5 nitrogen and oxygen atoms in total. The van der Waals surface area contributed by atoms with Crippen LogP contribution in [-0.2, 0) is 16.4 Å². The van der Waals surface area contributed by atoms with Gasteiger partial charge >= 0.3 is 0 Å². The first kappa shape index (κ1) is 19.2. The molecule has 1 aromatic carbocycles. The summed E-state index contributed by atoms with van der Waals surface area (Å²) in [5, 5.41) is 3.23. The molecule has 0 radical (unpaired) electrons. The zero-order chi connectivity index (χ0) is 15.3. The molecule has 0 amide bonds. The molecule has 0 spiro atoms. The highest BCUT2D eigenvalue weighted by Crippen LogP contribution is 2.17. The van der Waals surface area contributed by atoms with E-state index < -0.39 is 9.84 Å². The summed E-state index contributed by atoms with van der Waals surface area (Å²) in [5.74, 6) is 0.579. The summed E-state index contributed by atoms with van der Waals surface area (Å²) in [6.45, 7) is 2.10. The van der Waals surface area contributed by atoms with Gasteiger partial charge in [-0.1, -0.05) is 31.9 Å². The summed E-state index contributed by atoms with van der Waals surface area (Å²) in [6, 6.07) is 7.28. The number of nitrogens with zero attached hydrogens (tertiary/aromatic N) is 1. The lowest BCUT2D eigenvalue weighted by molar-refractivity contribution is 0.597. The topological polar surface area (TPSA) is 84.5 Å². The van der Waals surface area contributed by atoms with E-state index >= 15 is 0 Å². The quantitative estimate of drug-likeness (QED) is 0.421. The molecule has 124 valence electrons. The maximum Gasteiger partial charge on any atom is 0.189 e. The fraction of sp³-hybridized carbons (Fsp3) is 0.533. The Labute approximate surface area is 149 Å². The second-order valence-electron chi connectivity index (χ2n) is 5.37. The third kappa shape index (κ3) is 5.42. The summed E-state index contributed by atoms with van der Waals surface area (Å²) in [7, 11) is -3.13. The van der Waals surface area contributed by atoms with Crippen LogP contribution in [-0.4, -0.2) is 26.2 Å². The molecule has 1 saturated carbocycles. The zero-order valence-corrected chi connectivity index (χ0v) is 15.9. The first-order valence-corrected chi connectivity index (χ1v) is 9.04. The summed E-state index contributed by atoms with van der Waals surface area (Å²) in [4.78, 5) is 4.66. The van der Waals surface area contributed by atoms with E-state index in [1.54, 1.807) is 31.2 Å². The molecule has 1 aliphatic rings. The Balaban J connectivity index is 0.00000242. The van der Waals surface area contributed by atoms with Crippen LogP contribution in [0, 0.1) is 0 Å². The number of hydrogen-bond acceptors (Lipinski definition) is 3. The maximum atomic E-state index is 11.7. The number of guanidine groups is 1. The van der Waals surface area contributed by atoms with Gasteiger partial charge in [0.2, 0.25) is 0 Å². The van der Waals surface area contributed by atoms with E-state index in [4.69, 9.17) is 5.73 Å². The Morgan fingerprint density at radius 2 is 1.86 bits per heavy atom. The molecule has 0 unspecified atom stereocenters. The molecule has 1 fully saturated rings. The molecule has 0 saturated heterocycles. The standard InChI is InChI=1S/C15H23N3O2S.HI/c1-2-21(19,20)14-9-7-12(8-10-14)11-17-15(16)18-13-5-3-4-6-13;/h7-10,13H,2-6,11H2,1H3,(H3,16,17,18);1H. The predicted octanol–water partition coefficient (Wildman–Crippen LogP) is 2.45. The van der Waals surface area contributed by atoms with E-state index in [-0.39, 0.29) is 29.7 Å². The minimum Gasteiger partial charge on any atom is -0.370 e. The Bertz CT molecular complexity index is 594. The summed E-state index contributed by atoms with van der Waals surface area (Å²) < 4.78 is 23.4. The largest absolute Gasteiger partial charge is 0.370 e. The van der Waals surface area contributed by atoms with Gasteiger partial charge in [0, 0.05) is 6.04 Å². The minimum absolute atomic E-state index is 0. The lowest BCUT2D eigenvalue weighted by Gasteiger charge is -2.12. The van der Waals surface area contributed by atoms with Crippen molar-refractivity contribution in [3.8, 4) is 0 Å². The summed E-state index contributed by atoms with van der Waals surface area (Å²) >= 11 is 0. The third-order valence-electron chi connectivity index (χ3n) is 3.80. The van der Waals surface area contributed by atoms with Gasteiger partial charge in [0.25, 0.3) is 0 Å². The molecule has 0 aliphatic heterocycles. The summed E-state index contributed by atoms with van der Waals surface area (Å²) in [5.41, 5.74) is 6.81. The molecule has 7 heteroatoms. The maximum absolute atomic E-state index is 11.7. The molecule has 0 atom stereocenters. The second kappa shape index (κ2) is 8.71. The normalized spacial score (nSPS) is 16.3. The van der Waals surface area contributed by atoms with Crippen LogP contribution in [0.3, 0.4) is 0 Å². The molecule has 1 aromatic rings. The highest BCUT2D eigenvalue weighted by Gasteiger charge is 2.14. The number of rotatable bonds is 5. The molecule has 0 heterocycles. The van der Waals surface area contributed by atoms with Gasteiger partial charge in [-0.15, -0.1) is 24.0 Å². The molecular formula is C15H24IN3O2S. The SMILES string of the molecule is CCS(=O)(=O)c1ccc(CN=C(N)NC2CCCC2)cc1.I. The smallest absolute Gasteiger partial charge is 0.189 e. The van der Waals surface area contributed by atoms with Crippen LogP contribution in [0.2, 0.25) is 0 Å². The van der Waals surface area contributed by atoms with Crippen LogP contribution in [0.25, 0.3) is 0 Å². The number of sulfone groups is 1. The van der Waals surface area contributed by atoms with Crippen LogP contribution in [0.5, 0.6) is 0 Å². The van der Waals surface area contributed by atoms with Crippen molar-refractivity contribution in [3.63, 3.8) is 0 Å². The van der Waals surface area contributed by atoms with Gasteiger partial charge < -0.3 is 11.1 Å². The number of nitrogens with two attached hydrogens (primary N) is 1. The first-order chi connectivity index (χ1) is 10.0. The Hall–Kier alpha value is -0.830. The predicted molar refractivity (Wildman–Crippen MR) is 100 cm³/mol. The van der Waals surface area contributed by atoms with Crippen LogP contribution in [0.15, 0.2) is 34.2 Å². The highest BCUT2D eigenvalue weighted by atomic mass is 127. The average molecular weight is 437 g/mol.